The van der Waals surface area contributed by atoms with Crippen molar-refractivity contribution < 1.29 is 9.90 Å². The molecule has 0 saturated carbocycles. The van der Waals surface area contributed by atoms with Crippen LogP contribution in [0.25, 0.3) is 10.2 Å². The number of hydrogen-bond acceptors (Lipinski definition) is 5. The van der Waals surface area contributed by atoms with Crippen LogP contribution in [-0.4, -0.2) is 47.1 Å². The van der Waals surface area contributed by atoms with Crippen molar-refractivity contribution in [3.8, 4) is 5.75 Å². The van der Waals surface area contributed by atoms with Crippen LogP contribution in [0.15, 0.2) is 48.5 Å². The number of rotatable bonds is 2. The number of benzene rings is 2. The molecule has 6 heteroatoms. The largest absolute Gasteiger partial charge is 0.508 e. The van der Waals surface area contributed by atoms with Crippen molar-refractivity contribution in [2.45, 2.75) is 0 Å². The van der Waals surface area contributed by atoms with E-state index in [-0.39, 0.29) is 11.7 Å². The number of hydrogen-bond donors (Lipinski definition) is 1. The summed E-state index contributed by atoms with van der Waals surface area (Å²) in [6, 6.07) is 14.6. The molecule has 0 spiro atoms. The minimum Gasteiger partial charge on any atom is -0.508 e. The Morgan fingerprint density at radius 3 is 2.58 bits per heavy atom. The first-order valence-electron chi connectivity index (χ1n) is 7.89. The minimum absolute atomic E-state index is 0.0325. The van der Waals surface area contributed by atoms with E-state index in [9.17, 15) is 9.90 Å². The summed E-state index contributed by atoms with van der Waals surface area (Å²) in [5, 5.41) is 10.5. The van der Waals surface area contributed by atoms with Crippen molar-refractivity contribution in [3.63, 3.8) is 0 Å². The second-order valence-electron chi connectivity index (χ2n) is 5.79. The lowest BCUT2D eigenvalue weighted by atomic mass is 10.1. The first-order valence-corrected chi connectivity index (χ1v) is 8.71. The Bertz CT molecular complexity index is 852. The van der Waals surface area contributed by atoms with Gasteiger partial charge < -0.3 is 14.9 Å². The number of aromatic nitrogens is 1. The van der Waals surface area contributed by atoms with Gasteiger partial charge in [-0.05, 0) is 30.3 Å². The molecule has 1 fully saturated rings. The molecule has 5 nitrogen and oxygen atoms in total. The van der Waals surface area contributed by atoms with Crippen LogP contribution >= 0.6 is 11.3 Å². The maximum atomic E-state index is 12.5. The number of anilines is 1. The van der Waals surface area contributed by atoms with E-state index in [1.165, 1.54) is 10.8 Å². The fourth-order valence-corrected chi connectivity index (χ4v) is 3.93. The highest BCUT2D eigenvalue weighted by Gasteiger charge is 2.24. The molecule has 4 rings (SSSR count). The summed E-state index contributed by atoms with van der Waals surface area (Å²) in [5.74, 6) is 0.0869. The number of phenolic OH excluding ortho intramolecular Hbond substituents is 1. The zero-order chi connectivity index (χ0) is 16.5. The second kappa shape index (κ2) is 6.13. The lowest BCUT2D eigenvalue weighted by molar-refractivity contribution is 0.0746. The third-order valence-corrected chi connectivity index (χ3v) is 5.31. The smallest absolute Gasteiger partial charge is 0.254 e. The van der Waals surface area contributed by atoms with Gasteiger partial charge in [0.25, 0.3) is 5.91 Å². The number of aromatic hydroxyl groups is 1. The molecule has 0 aliphatic carbocycles. The van der Waals surface area contributed by atoms with Crippen LogP contribution in [0, 0.1) is 0 Å². The molecule has 24 heavy (non-hydrogen) atoms. The van der Waals surface area contributed by atoms with Gasteiger partial charge in [0.1, 0.15) is 5.75 Å². The monoisotopic (exact) mass is 339 g/mol. The van der Waals surface area contributed by atoms with Gasteiger partial charge in [-0.15, -0.1) is 0 Å². The Kier molecular flexibility index (Phi) is 3.82. The van der Waals surface area contributed by atoms with Gasteiger partial charge in [0.05, 0.1) is 10.2 Å². The lowest BCUT2D eigenvalue weighted by Gasteiger charge is -2.34. The summed E-state index contributed by atoms with van der Waals surface area (Å²) in [5.41, 5.74) is 1.55. The van der Waals surface area contributed by atoms with E-state index in [1.54, 1.807) is 29.5 Å². The van der Waals surface area contributed by atoms with E-state index in [1.807, 2.05) is 23.1 Å². The summed E-state index contributed by atoms with van der Waals surface area (Å²) < 4.78 is 1.19. The normalized spacial score (nSPS) is 15.0. The van der Waals surface area contributed by atoms with Crippen molar-refractivity contribution >= 4 is 32.6 Å². The maximum absolute atomic E-state index is 12.5. The molecule has 2 heterocycles. The van der Waals surface area contributed by atoms with Gasteiger partial charge in [0, 0.05) is 31.7 Å². The van der Waals surface area contributed by atoms with E-state index < -0.39 is 0 Å². The number of thiazole rings is 1. The van der Waals surface area contributed by atoms with Crippen molar-refractivity contribution in [3.05, 3.63) is 54.1 Å². The number of carbonyl (C=O) groups excluding carboxylic acids is 1. The third-order valence-electron chi connectivity index (χ3n) is 4.21. The van der Waals surface area contributed by atoms with Crippen LogP contribution in [0.2, 0.25) is 0 Å². The SMILES string of the molecule is O=C(c1cccc(O)c1)N1CCN(c2nc3ccccc3s2)CC1. The van der Waals surface area contributed by atoms with Gasteiger partial charge in [-0.3, -0.25) is 4.79 Å². The van der Waals surface area contributed by atoms with E-state index in [0.29, 0.717) is 18.7 Å². The Hall–Kier alpha value is -2.60. The van der Waals surface area contributed by atoms with Crippen molar-refractivity contribution in [1.82, 2.24) is 9.88 Å². The summed E-state index contributed by atoms with van der Waals surface area (Å²) in [4.78, 5) is 21.3. The van der Waals surface area contributed by atoms with Crippen LogP contribution < -0.4 is 4.90 Å². The lowest BCUT2D eigenvalue weighted by Crippen LogP contribution is -2.48. The Balaban J connectivity index is 1.45. The number of amides is 1. The molecular formula is C18H17N3O2S. The molecule has 1 saturated heterocycles. The topological polar surface area (TPSA) is 56.7 Å². The fraction of sp³-hybridized carbons (Fsp3) is 0.222. The molecule has 1 aromatic heterocycles. The van der Waals surface area contributed by atoms with Crippen LogP contribution in [0.4, 0.5) is 5.13 Å². The molecule has 0 bridgehead atoms. The van der Waals surface area contributed by atoms with Crippen molar-refractivity contribution in [2.75, 3.05) is 31.1 Å². The highest BCUT2D eigenvalue weighted by atomic mass is 32.1. The zero-order valence-electron chi connectivity index (χ0n) is 13.1. The quantitative estimate of drug-likeness (QED) is 0.780. The molecule has 122 valence electrons. The van der Waals surface area contributed by atoms with Crippen molar-refractivity contribution in [2.24, 2.45) is 0 Å². The van der Waals surface area contributed by atoms with Crippen LogP contribution in [0.5, 0.6) is 5.75 Å². The Labute approximate surface area is 143 Å². The first-order chi connectivity index (χ1) is 11.7. The van der Waals surface area contributed by atoms with Gasteiger partial charge in [-0.1, -0.05) is 29.5 Å². The summed E-state index contributed by atoms with van der Waals surface area (Å²) in [6.07, 6.45) is 0. The Morgan fingerprint density at radius 2 is 1.83 bits per heavy atom. The van der Waals surface area contributed by atoms with Gasteiger partial charge in [0.2, 0.25) is 0 Å². The molecule has 3 aromatic rings. The molecule has 2 aromatic carbocycles. The summed E-state index contributed by atoms with van der Waals surface area (Å²) in [6.45, 7) is 2.85. The summed E-state index contributed by atoms with van der Waals surface area (Å²) >= 11 is 1.69. The van der Waals surface area contributed by atoms with Crippen LogP contribution in [-0.2, 0) is 0 Å². The number of para-hydroxylation sites is 1. The highest BCUT2D eigenvalue weighted by Crippen LogP contribution is 2.29. The fourth-order valence-electron chi connectivity index (χ4n) is 2.92. The first kappa shape index (κ1) is 15.0. The molecular weight excluding hydrogens is 322 g/mol. The molecule has 1 amide bonds. The average molecular weight is 339 g/mol. The van der Waals surface area contributed by atoms with Crippen LogP contribution in [0.1, 0.15) is 10.4 Å². The van der Waals surface area contributed by atoms with Crippen molar-refractivity contribution in [1.29, 1.82) is 0 Å². The number of piperazine rings is 1. The highest BCUT2D eigenvalue weighted by molar-refractivity contribution is 7.22. The number of carbonyl (C=O) groups is 1. The number of phenols is 1. The molecule has 1 aliphatic rings. The average Bonchev–Trinajstić information content (AvgIpc) is 3.05. The molecule has 0 atom stereocenters. The van der Waals surface area contributed by atoms with Gasteiger partial charge in [-0.25, -0.2) is 4.98 Å². The maximum Gasteiger partial charge on any atom is 0.254 e. The summed E-state index contributed by atoms with van der Waals surface area (Å²) in [7, 11) is 0. The predicted octanol–water partition coefficient (Wildman–Crippen LogP) is 2.96. The Morgan fingerprint density at radius 1 is 1.04 bits per heavy atom. The third kappa shape index (κ3) is 2.80. The molecule has 1 N–H and O–H groups in total. The van der Waals surface area contributed by atoms with Gasteiger partial charge in [0.15, 0.2) is 5.13 Å². The molecule has 0 unspecified atom stereocenters. The standard InChI is InChI=1S/C18H17N3O2S/c22-14-5-3-4-13(12-14)17(23)20-8-10-21(11-9-20)18-19-15-6-1-2-7-16(15)24-18/h1-7,12,22H,8-11H2. The number of nitrogens with zero attached hydrogens (tertiary/aromatic N) is 3. The van der Waals surface area contributed by atoms with E-state index >= 15 is 0 Å². The predicted molar refractivity (Wildman–Crippen MR) is 95.8 cm³/mol. The van der Waals surface area contributed by atoms with Crippen LogP contribution in [0.3, 0.4) is 0 Å². The molecule has 0 radical (unpaired) electrons. The van der Waals surface area contributed by atoms with Gasteiger partial charge >= 0.3 is 0 Å². The minimum atomic E-state index is -0.0325. The zero-order valence-corrected chi connectivity index (χ0v) is 13.9. The number of fused-ring (bicyclic) bond motifs is 1. The van der Waals surface area contributed by atoms with Gasteiger partial charge in [-0.2, -0.15) is 0 Å². The second-order valence-corrected chi connectivity index (χ2v) is 6.80. The van der Waals surface area contributed by atoms with E-state index in [0.717, 1.165) is 23.7 Å². The molecule has 1 aliphatic heterocycles. The van der Waals surface area contributed by atoms with E-state index in [4.69, 9.17) is 0 Å². The van der Waals surface area contributed by atoms with E-state index in [2.05, 4.69) is 16.0 Å².